The number of rotatable bonds is 4. The molecule has 5 heteroatoms. The van der Waals surface area contributed by atoms with Crippen molar-refractivity contribution >= 4 is 11.9 Å². The van der Waals surface area contributed by atoms with Gasteiger partial charge in [0.15, 0.2) is 0 Å². The Bertz CT molecular complexity index is 518. The standard InChI is InChI=1S/C16H21NO4/c1-17(16(15(20)21)9-3-2-4-10-16)14(19)11-12-5-7-13(18)8-6-12/h5-8,18H,2-4,9-11H2,1H3,(H,20,21). The topological polar surface area (TPSA) is 77.8 Å². The van der Waals surface area contributed by atoms with Crippen molar-refractivity contribution in [1.29, 1.82) is 0 Å². The molecular weight excluding hydrogens is 270 g/mol. The van der Waals surface area contributed by atoms with Crippen LogP contribution in [0.25, 0.3) is 0 Å². The second-order valence-corrected chi connectivity index (χ2v) is 5.69. The van der Waals surface area contributed by atoms with Crippen LogP contribution in [-0.2, 0) is 16.0 Å². The summed E-state index contributed by atoms with van der Waals surface area (Å²) in [5.41, 5.74) is -0.298. The van der Waals surface area contributed by atoms with Crippen LogP contribution in [0.15, 0.2) is 24.3 Å². The molecule has 0 bridgehead atoms. The zero-order valence-corrected chi connectivity index (χ0v) is 12.2. The predicted molar refractivity (Wildman–Crippen MR) is 78.0 cm³/mol. The first-order valence-corrected chi connectivity index (χ1v) is 7.24. The minimum atomic E-state index is -1.06. The van der Waals surface area contributed by atoms with Gasteiger partial charge in [0.2, 0.25) is 5.91 Å². The lowest BCUT2D eigenvalue weighted by Gasteiger charge is -2.41. The molecule has 0 radical (unpaired) electrons. The summed E-state index contributed by atoms with van der Waals surface area (Å²) in [6.45, 7) is 0. The van der Waals surface area contributed by atoms with Crippen LogP contribution in [-0.4, -0.2) is 39.6 Å². The Hall–Kier alpha value is -2.04. The molecule has 2 N–H and O–H groups in total. The fraction of sp³-hybridized carbons (Fsp3) is 0.500. The molecule has 1 aromatic rings. The Balaban J connectivity index is 2.13. The van der Waals surface area contributed by atoms with Gasteiger partial charge >= 0.3 is 5.97 Å². The zero-order valence-electron chi connectivity index (χ0n) is 12.2. The summed E-state index contributed by atoms with van der Waals surface area (Å²) in [6, 6.07) is 6.40. The summed E-state index contributed by atoms with van der Waals surface area (Å²) in [7, 11) is 1.59. The Morgan fingerprint density at radius 3 is 2.24 bits per heavy atom. The number of hydrogen-bond donors (Lipinski definition) is 2. The summed E-state index contributed by atoms with van der Waals surface area (Å²) < 4.78 is 0. The molecule has 21 heavy (non-hydrogen) atoms. The van der Waals surface area contributed by atoms with E-state index in [0.717, 1.165) is 24.8 Å². The molecule has 1 saturated carbocycles. The number of carbonyl (C=O) groups excluding carboxylic acids is 1. The van der Waals surface area contributed by atoms with Gasteiger partial charge in [-0.15, -0.1) is 0 Å². The maximum atomic E-state index is 12.4. The quantitative estimate of drug-likeness (QED) is 0.891. The van der Waals surface area contributed by atoms with Gasteiger partial charge in [-0.3, -0.25) is 4.79 Å². The second-order valence-electron chi connectivity index (χ2n) is 5.69. The first kappa shape index (κ1) is 15.4. The van der Waals surface area contributed by atoms with Crippen molar-refractivity contribution < 1.29 is 19.8 Å². The Morgan fingerprint density at radius 2 is 1.71 bits per heavy atom. The van der Waals surface area contributed by atoms with Crippen LogP contribution in [0.5, 0.6) is 5.75 Å². The van der Waals surface area contributed by atoms with Gasteiger partial charge in [-0.1, -0.05) is 31.4 Å². The van der Waals surface area contributed by atoms with Crippen molar-refractivity contribution in [2.75, 3.05) is 7.05 Å². The van der Waals surface area contributed by atoms with Crippen LogP contribution in [0.3, 0.4) is 0 Å². The molecule has 114 valence electrons. The molecule has 0 aliphatic heterocycles. The maximum Gasteiger partial charge on any atom is 0.329 e. The highest BCUT2D eigenvalue weighted by Gasteiger charge is 2.45. The van der Waals surface area contributed by atoms with E-state index in [4.69, 9.17) is 0 Å². The lowest BCUT2D eigenvalue weighted by Crippen LogP contribution is -2.56. The normalized spacial score (nSPS) is 17.2. The van der Waals surface area contributed by atoms with Crippen molar-refractivity contribution in [1.82, 2.24) is 4.90 Å². The van der Waals surface area contributed by atoms with Crippen LogP contribution in [0.4, 0.5) is 0 Å². The molecule has 2 rings (SSSR count). The Labute approximate surface area is 124 Å². The number of aliphatic carboxylic acids is 1. The number of likely N-dealkylation sites (N-methyl/N-ethyl adjacent to an activating group) is 1. The third-order valence-electron chi connectivity index (χ3n) is 4.39. The summed E-state index contributed by atoms with van der Waals surface area (Å²) in [5, 5.41) is 18.8. The number of nitrogens with zero attached hydrogens (tertiary/aromatic N) is 1. The number of amides is 1. The molecular formula is C16H21NO4. The molecule has 1 aliphatic rings. The van der Waals surface area contributed by atoms with Gasteiger partial charge in [-0.05, 0) is 30.5 Å². The van der Waals surface area contributed by atoms with Gasteiger partial charge in [0, 0.05) is 7.05 Å². The zero-order chi connectivity index (χ0) is 15.5. The fourth-order valence-corrected chi connectivity index (χ4v) is 2.98. The highest BCUT2D eigenvalue weighted by atomic mass is 16.4. The van der Waals surface area contributed by atoms with E-state index in [-0.39, 0.29) is 18.1 Å². The van der Waals surface area contributed by atoms with E-state index in [9.17, 15) is 19.8 Å². The fourth-order valence-electron chi connectivity index (χ4n) is 2.98. The molecule has 0 unspecified atom stereocenters. The highest BCUT2D eigenvalue weighted by Crippen LogP contribution is 2.33. The minimum absolute atomic E-state index is 0.145. The number of carboxylic acid groups (broad SMARTS) is 1. The second kappa shape index (κ2) is 6.16. The molecule has 1 fully saturated rings. The van der Waals surface area contributed by atoms with Crippen molar-refractivity contribution in [2.45, 2.75) is 44.1 Å². The van der Waals surface area contributed by atoms with E-state index >= 15 is 0 Å². The Kier molecular flexibility index (Phi) is 4.50. The van der Waals surface area contributed by atoms with Gasteiger partial charge in [0.05, 0.1) is 6.42 Å². The molecule has 1 aliphatic carbocycles. The van der Waals surface area contributed by atoms with E-state index < -0.39 is 11.5 Å². The number of carbonyl (C=O) groups is 2. The number of carboxylic acids is 1. The Morgan fingerprint density at radius 1 is 1.14 bits per heavy atom. The van der Waals surface area contributed by atoms with Crippen LogP contribution < -0.4 is 0 Å². The summed E-state index contributed by atoms with van der Waals surface area (Å²) in [4.78, 5) is 25.5. The summed E-state index contributed by atoms with van der Waals surface area (Å²) in [5.74, 6) is -0.970. The third kappa shape index (κ3) is 3.17. The summed E-state index contributed by atoms with van der Waals surface area (Å²) >= 11 is 0. The van der Waals surface area contributed by atoms with Crippen molar-refractivity contribution in [2.24, 2.45) is 0 Å². The van der Waals surface area contributed by atoms with Gasteiger partial charge in [0.1, 0.15) is 11.3 Å². The average molecular weight is 291 g/mol. The third-order valence-corrected chi connectivity index (χ3v) is 4.39. The SMILES string of the molecule is CN(C(=O)Cc1ccc(O)cc1)C1(C(=O)O)CCCCC1. The first-order chi connectivity index (χ1) is 9.95. The smallest absolute Gasteiger partial charge is 0.329 e. The average Bonchev–Trinajstić information content (AvgIpc) is 2.49. The predicted octanol–water partition coefficient (Wildman–Crippen LogP) is 2.18. The van der Waals surface area contributed by atoms with Crippen molar-refractivity contribution in [3.8, 4) is 5.75 Å². The number of hydrogen-bond acceptors (Lipinski definition) is 3. The maximum absolute atomic E-state index is 12.4. The number of phenolic OH excluding ortho intramolecular Hbond substituents is 1. The van der Waals surface area contributed by atoms with Gasteiger partial charge < -0.3 is 15.1 Å². The van der Waals surface area contributed by atoms with E-state index in [1.54, 1.807) is 19.2 Å². The first-order valence-electron chi connectivity index (χ1n) is 7.24. The van der Waals surface area contributed by atoms with Gasteiger partial charge in [-0.2, -0.15) is 0 Å². The van der Waals surface area contributed by atoms with Crippen LogP contribution >= 0.6 is 0 Å². The van der Waals surface area contributed by atoms with E-state index in [1.165, 1.54) is 17.0 Å². The molecule has 0 aromatic heterocycles. The monoisotopic (exact) mass is 291 g/mol. The van der Waals surface area contributed by atoms with Gasteiger partial charge in [-0.25, -0.2) is 4.79 Å². The molecule has 5 nitrogen and oxygen atoms in total. The van der Waals surface area contributed by atoms with E-state index in [2.05, 4.69) is 0 Å². The molecule has 0 saturated heterocycles. The minimum Gasteiger partial charge on any atom is -0.508 e. The van der Waals surface area contributed by atoms with E-state index in [1.807, 2.05) is 0 Å². The van der Waals surface area contributed by atoms with Crippen molar-refractivity contribution in [3.63, 3.8) is 0 Å². The number of benzene rings is 1. The highest BCUT2D eigenvalue weighted by molar-refractivity contribution is 5.88. The molecule has 1 amide bonds. The molecule has 0 atom stereocenters. The molecule has 0 spiro atoms. The van der Waals surface area contributed by atoms with E-state index in [0.29, 0.717) is 12.8 Å². The lowest BCUT2D eigenvalue weighted by atomic mass is 9.80. The lowest BCUT2D eigenvalue weighted by molar-refractivity contribution is -0.160. The molecule has 0 heterocycles. The largest absolute Gasteiger partial charge is 0.508 e. The van der Waals surface area contributed by atoms with Gasteiger partial charge in [0.25, 0.3) is 0 Å². The summed E-state index contributed by atoms with van der Waals surface area (Å²) in [6.07, 6.45) is 3.87. The van der Waals surface area contributed by atoms with Crippen LogP contribution in [0, 0.1) is 0 Å². The molecule has 1 aromatic carbocycles. The van der Waals surface area contributed by atoms with Crippen LogP contribution in [0.1, 0.15) is 37.7 Å². The number of phenols is 1. The number of aromatic hydroxyl groups is 1. The van der Waals surface area contributed by atoms with Crippen LogP contribution in [0.2, 0.25) is 0 Å². The van der Waals surface area contributed by atoms with Crippen molar-refractivity contribution in [3.05, 3.63) is 29.8 Å².